The normalized spacial score (nSPS) is 18.8. The Hall–Kier alpha value is -2.35. The van der Waals surface area contributed by atoms with E-state index in [1.54, 1.807) is 26.0 Å². The molecule has 1 aromatic heterocycles. The molecule has 140 valence electrons. The van der Waals surface area contributed by atoms with Crippen molar-refractivity contribution in [2.75, 3.05) is 24.7 Å². The van der Waals surface area contributed by atoms with Gasteiger partial charge in [0, 0.05) is 23.5 Å². The molecule has 7 nitrogen and oxygen atoms in total. The summed E-state index contributed by atoms with van der Waals surface area (Å²) in [6, 6.07) is 6.89. The highest BCUT2D eigenvalue weighted by atomic mass is 32.2. The molecule has 2 heterocycles. The minimum absolute atomic E-state index is 0.0385. The first-order chi connectivity index (χ1) is 12.3. The Labute approximate surface area is 151 Å². The zero-order valence-electron chi connectivity index (χ0n) is 14.7. The van der Waals surface area contributed by atoms with Gasteiger partial charge in [-0.3, -0.25) is 4.79 Å². The third-order valence-corrected chi connectivity index (χ3v) is 6.42. The van der Waals surface area contributed by atoms with Crippen molar-refractivity contribution in [3.05, 3.63) is 35.6 Å². The van der Waals surface area contributed by atoms with Crippen LogP contribution in [0.15, 0.2) is 28.7 Å². The Balaban J connectivity index is 1.66. The smallest absolute Gasteiger partial charge is 0.375 e. The van der Waals surface area contributed by atoms with E-state index in [9.17, 15) is 18.0 Å². The number of hydrogen-bond donors (Lipinski definition) is 0. The van der Waals surface area contributed by atoms with Crippen molar-refractivity contribution < 1.29 is 27.2 Å². The zero-order chi connectivity index (χ0) is 18.9. The molecule has 26 heavy (non-hydrogen) atoms. The van der Waals surface area contributed by atoms with E-state index in [0.29, 0.717) is 24.1 Å². The van der Waals surface area contributed by atoms with Crippen LogP contribution in [0.1, 0.15) is 29.5 Å². The fraction of sp³-hybridized carbons (Fsp3) is 0.444. The fourth-order valence-electron chi connectivity index (χ4n) is 3.30. The van der Waals surface area contributed by atoms with Gasteiger partial charge >= 0.3 is 5.97 Å². The van der Waals surface area contributed by atoms with Gasteiger partial charge in [0.1, 0.15) is 5.58 Å². The largest absolute Gasteiger partial charge is 0.450 e. The van der Waals surface area contributed by atoms with E-state index in [0.717, 1.165) is 5.39 Å². The number of esters is 1. The number of carbonyl (C=O) groups excluding carboxylic acids is 2. The van der Waals surface area contributed by atoms with E-state index in [4.69, 9.17) is 9.15 Å². The van der Waals surface area contributed by atoms with Gasteiger partial charge in [0.2, 0.25) is 5.76 Å². The molecule has 1 aromatic carbocycles. The summed E-state index contributed by atoms with van der Waals surface area (Å²) in [5, 5.41) is 0.817. The molecule has 1 saturated heterocycles. The Bertz CT molecular complexity index is 946. The number of ether oxygens (including phenoxy) is 1. The highest BCUT2D eigenvalue weighted by molar-refractivity contribution is 7.91. The molecule has 0 unspecified atom stereocenters. The highest BCUT2D eigenvalue weighted by Crippen LogP contribution is 2.25. The van der Waals surface area contributed by atoms with Crippen molar-refractivity contribution in [2.45, 2.75) is 26.3 Å². The van der Waals surface area contributed by atoms with Gasteiger partial charge in [0.05, 0.1) is 11.5 Å². The van der Waals surface area contributed by atoms with Crippen LogP contribution in [0.2, 0.25) is 0 Å². The van der Waals surface area contributed by atoms with Crippen LogP contribution in [0.3, 0.4) is 0 Å². The number of hydrogen-bond acceptors (Lipinski definition) is 6. The predicted octanol–water partition coefficient (Wildman–Crippen LogP) is 1.93. The number of rotatable bonds is 5. The van der Waals surface area contributed by atoms with Gasteiger partial charge < -0.3 is 14.1 Å². The van der Waals surface area contributed by atoms with Crippen molar-refractivity contribution in [3.63, 3.8) is 0 Å². The molecular formula is C18H21NO6S. The number of sulfone groups is 1. The van der Waals surface area contributed by atoms with Crippen molar-refractivity contribution in [2.24, 2.45) is 0 Å². The molecule has 0 aliphatic carbocycles. The van der Waals surface area contributed by atoms with E-state index in [1.165, 1.54) is 4.90 Å². The van der Waals surface area contributed by atoms with Crippen LogP contribution in [0.4, 0.5) is 0 Å². The monoisotopic (exact) mass is 379 g/mol. The second-order valence-electron chi connectivity index (χ2n) is 6.37. The van der Waals surface area contributed by atoms with Crippen LogP contribution in [0.5, 0.6) is 0 Å². The van der Waals surface area contributed by atoms with Gasteiger partial charge in [-0.1, -0.05) is 18.2 Å². The minimum atomic E-state index is -3.10. The predicted molar refractivity (Wildman–Crippen MR) is 95.7 cm³/mol. The number of para-hydroxylation sites is 1. The van der Waals surface area contributed by atoms with Gasteiger partial charge in [-0.25, -0.2) is 13.2 Å². The number of fused-ring (bicyclic) bond motifs is 1. The van der Waals surface area contributed by atoms with Gasteiger partial charge in [-0.15, -0.1) is 0 Å². The standard InChI is InChI=1S/C18H21NO6S/c1-3-19(13-8-9-26(22,23)11-13)16(20)10-24-18(21)17-12(2)14-6-4-5-7-15(14)25-17/h4-7,13H,3,8-11H2,1-2H3/t13-/m0/s1. The van der Waals surface area contributed by atoms with E-state index in [1.807, 2.05) is 12.1 Å². The molecule has 0 radical (unpaired) electrons. The third-order valence-electron chi connectivity index (χ3n) is 4.67. The topological polar surface area (TPSA) is 93.9 Å². The molecule has 1 amide bonds. The summed E-state index contributed by atoms with van der Waals surface area (Å²) >= 11 is 0. The lowest BCUT2D eigenvalue weighted by molar-refractivity contribution is -0.136. The van der Waals surface area contributed by atoms with Crippen LogP contribution in [0, 0.1) is 6.92 Å². The Morgan fingerprint density at radius 1 is 1.31 bits per heavy atom. The van der Waals surface area contributed by atoms with E-state index >= 15 is 0 Å². The van der Waals surface area contributed by atoms with Crippen LogP contribution in [-0.2, 0) is 19.4 Å². The van der Waals surface area contributed by atoms with E-state index in [2.05, 4.69) is 0 Å². The number of carbonyl (C=O) groups is 2. The number of aryl methyl sites for hydroxylation is 1. The van der Waals surface area contributed by atoms with E-state index in [-0.39, 0.29) is 23.3 Å². The fourth-order valence-corrected chi connectivity index (χ4v) is 5.03. The molecule has 0 N–H and O–H groups in total. The summed E-state index contributed by atoms with van der Waals surface area (Å²) in [5.41, 5.74) is 1.24. The maximum atomic E-state index is 12.4. The SMILES string of the molecule is CCN(C(=O)COC(=O)c1oc2ccccc2c1C)[C@H]1CCS(=O)(=O)C1. The highest BCUT2D eigenvalue weighted by Gasteiger charge is 2.34. The van der Waals surface area contributed by atoms with Gasteiger partial charge in [-0.05, 0) is 26.3 Å². The molecule has 2 aromatic rings. The first-order valence-electron chi connectivity index (χ1n) is 8.47. The quantitative estimate of drug-likeness (QED) is 0.737. The van der Waals surface area contributed by atoms with Gasteiger partial charge in [0.15, 0.2) is 16.4 Å². The lowest BCUT2D eigenvalue weighted by Gasteiger charge is -2.26. The average molecular weight is 379 g/mol. The molecule has 0 saturated carbocycles. The second kappa shape index (κ2) is 7.11. The molecule has 1 fully saturated rings. The summed E-state index contributed by atoms with van der Waals surface area (Å²) in [7, 11) is -3.10. The molecule has 8 heteroatoms. The maximum absolute atomic E-state index is 12.4. The minimum Gasteiger partial charge on any atom is -0.450 e. The van der Waals surface area contributed by atoms with Crippen molar-refractivity contribution in [1.82, 2.24) is 4.90 Å². The molecule has 1 aliphatic rings. The Morgan fingerprint density at radius 2 is 2.04 bits per heavy atom. The molecule has 1 aliphatic heterocycles. The second-order valence-corrected chi connectivity index (χ2v) is 8.59. The summed E-state index contributed by atoms with van der Waals surface area (Å²) in [5.74, 6) is -0.993. The lowest BCUT2D eigenvalue weighted by atomic mass is 10.1. The number of furan rings is 1. The van der Waals surface area contributed by atoms with Crippen LogP contribution in [-0.4, -0.2) is 55.9 Å². The van der Waals surface area contributed by atoms with Crippen LogP contribution < -0.4 is 0 Å². The molecule has 0 bridgehead atoms. The first-order valence-corrected chi connectivity index (χ1v) is 10.3. The lowest BCUT2D eigenvalue weighted by Crippen LogP contribution is -2.43. The summed E-state index contributed by atoms with van der Waals surface area (Å²) < 4.78 is 33.9. The number of benzene rings is 1. The maximum Gasteiger partial charge on any atom is 0.375 e. The average Bonchev–Trinajstić information content (AvgIpc) is 3.13. The summed E-state index contributed by atoms with van der Waals surface area (Å²) in [6.45, 7) is 3.44. The number of likely N-dealkylation sites (N-methyl/N-ethyl adjacent to an activating group) is 1. The number of amides is 1. The van der Waals surface area contributed by atoms with Crippen molar-refractivity contribution in [3.8, 4) is 0 Å². The number of nitrogens with zero attached hydrogens (tertiary/aromatic N) is 1. The Kier molecular flexibility index (Phi) is 5.04. The van der Waals surface area contributed by atoms with Crippen molar-refractivity contribution in [1.29, 1.82) is 0 Å². The van der Waals surface area contributed by atoms with Crippen LogP contribution in [0.25, 0.3) is 11.0 Å². The summed E-state index contributed by atoms with van der Waals surface area (Å²) in [4.78, 5) is 26.1. The Morgan fingerprint density at radius 3 is 2.65 bits per heavy atom. The molecular weight excluding hydrogens is 358 g/mol. The first kappa shape index (κ1) is 18.4. The van der Waals surface area contributed by atoms with Crippen molar-refractivity contribution >= 4 is 32.7 Å². The van der Waals surface area contributed by atoms with E-state index < -0.39 is 28.3 Å². The molecule has 1 atom stereocenters. The third kappa shape index (κ3) is 3.60. The van der Waals surface area contributed by atoms with Gasteiger partial charge in [-0.2, -0.15) is 0 Å². The zero-order valence-corrected chi connectivity index (χ0v) is 15.5. The summed E-state index contributed by atoms with van der Waals surface area (Å²) in [6.07, 6.45) is 0.415. The molecule has 3 rings (SSSR count). The van der Waals surface area contributed by atoms with Gasteiger partial charge in [0.25, 0.3) is 5.91 Å². The van der Waals surface area contributed by atoms with Crippen LogP contribution >= 0.6 is 0 Å². The molecule has 0 spiro atoms.